The van der Waals surface area contributed by atoms with E-state index in [-0.39, 0.29) is 29.7 Å². The fraction of sp³-hybridized carbons (Fsp3) is 0.412. The summed E-state index contributed by atoms with van der Waals surface area (Å²) in [4.78, 5) is 30.2. The molecule has 1 fully saturated rings. The van der Waals surface area contributed by atoms with Gasteiger partial charge in [0.25, 0.3) is 0 Å². The number of fused-ring (bicyclic) bond motifs is 1. The van der Waals surface area contributed by atoms with Crippen LogP contribution in [0, 0.1) is 0 Å². The Morgan fingerprint density at radius 2 is 2.11 bits per heavy atom. The predicted octanol–water partition coefficient (Wildman–Crippen LogP) is -0.0695. The Labute approximate surface area is 161 Å². The molecule has 1 aliphatic rings. The fourth-order valence-electron chi connectivity index (χ4n) is 3.30. The summed E-state index contributed by atoms with van der Waals surface area (Å²) >= 11 is 0. The lowest BCUT2D eigenvalue weighted by molar-refractivity contribution is 0.587. The minimum atomic E-state index is -2.73. The highest BCUT2D eigenvalue weighted by molar-refractivity contribution is 7.69. The molecule has 0 spiro atoms. The summed E-state index contributed by atoms with van der Waals surface area (Å²) in [6, 6.07) is 4.03. The van der Waals surface area contributed by atoms with E-state index in [9.17, 15) is 9.36 Å². The third kappa shape index (κ3) is 3.41. The van der Waals surface area contributed by atoms with Gasteiger partial charge in [0.15, 0.2) is 17.0 Å². The lowest BCUT2D eigenvalue weighted by Gasteiger charge is -2.16. The average molecular weight is 402 g/mol. The third-order valence-electron chi connectivity index (χ3n) is 4.82. The quantitative estimate of drug-likeness (QED) is 0.514. The zero-order valence-electron chi connectivity index (χ0n) is 15.8. The van der Waals surface area contributed by atoms with Gasteiger partial charge in [-0.1, -0.05) is 6.07 Å². The molecule has 0 saturated carbocycles. The monoisotopic (exact) mass is 402 g/mol. The number of H-pyrrole nitrogens is 1. The first-order valence-electron chi connectivity index (χ1n) is 8.99. The van der Waals surface area contributed by atoms with Crippen molar-refractivity contribution in [3.05, 3.63) is 34.4 Å². The second kappa shape index (κ2) is 6.72. The molecule has 0 aliphatic carbocycles. The molecule has 11 heteroatoms. The van der Waals surface area contributed by atoms with Crippen LogP contribution in [0.15, 0.2) is 23.1 Å². The second-order valence-electron chi connectivity index (χ2n) is 7.49. The fourth-order valence-corrected chi connectivity index (χ4v) is 3.99. The van der Waals surface area contributed by atoms with Gasteiger partial charge in [0.2, 0.25) is 0 Å². The van der Waals surface area contributed by atoms with Crippen LogP contribution in [0.5, 0.6) is 0 Å². The minimum absolute atomic E-state index is 0.110. The lowest BCUT2D eigenvalue weighted by Crippen LogP contribution is -2.26. The highest BCUT2D eigenvalue weighted by Crippen LogP contribution is 2.33. The second-order valence-corrected chi connectivity index (χ2v) is 10.6. The first-order chi connectivity index (χ1) is 13.2. The van der Waals surface area contributed by atoms with Crippen LogP contribution in [0.25, 0.3) is 11.2 Å². The third-order valence-corrected chi connectivity index (χ3v) is 5.98. The van der Waals surface area contributed by atoms with Crippen molar-refractivity contribution in [2.75, 3.05) is 37.1 Å². The Morgan fingerprint density at radius 1 is 1.32 bits per heavy atom. The number of pyridine rings is 1. The van der Waals surface area contributed by atoms with Gasteiger partial charge in [-0.15, -0.1) is 0 Å². The summed E-state index contributed by atoms with van der Waals surface area (Å²) in [6.45, 7) is 5.08. The van der Waals surface area contributed by atoms with Gasteiger partial charge in [0.05, 0.1) is 6.54 Å². The number of anilines is 2. The van der Waals surface area contributed by atoms with E-state index < -0.39 is 7.14 Å². The van der Waals surface area contributed by atoms with E-state index in [0.717, 1.165) is 30.9 Å². The number of aromatic nitrogens is 5. The predicted molar refractivity (Wildman–Crippen MR) is 110 cm³/mol. The van der Waals surface area contributed by atoms with Crippen LogP contribution in [0.2, 0.25) is 0 Å². The minimum Gasteiger partial charge on any atom is -0.382 e. The maximum Gasteiger partial charge on any atom is 0.328 e. The molecule has 28 heavy (non-hydrogen) atoms. The number of imidazole rings is 1. The lowest BCUT2D eigenvalue weighted by atomic mass is 10.2. The van der Waals surface area contributed by atoms with Crippen LogP contribution < -0.4 is 27.6 Å². The number of hydrogen-bond acceptors (Lipinski definition) is 8. The SMILES string of the molecule is CP(C)(=O)c1nc(N)c2[nH]c(=O)n(Cc3ccc(N4CCC(N)C4)nc3)c2n1. The summed E-state index contributed by atoms with van der Waals surface area (Å²) in [5.41, 5.74) is 13.2. The Morgan fingerprint density at radius 3 is 2.71 bits per heavy atom. The normalized spacial score (nSPS) is 17.5. The van der Waals surface area contributed by atoms with Crippen LogP contribution in [0.1, 0.15) is 12.0 Å². The molecule has 1 unspecified atom stereocenters. The van der Waals surface area contributed by atoms with Gasteiger partial charge < -0.3 is 25.9 Å². The topological polar surface area (TPSA) is 149 Å². The van der Waals surface area contributed by atoms with Crippen molar-refractivity contribution in [2.45, 2.75) is 19.0 Å². The Bertz CT molecular complexity index is 1130. The van der Waals surface area contributed by atoms with Crippen LogP contribution in [0.4, 0.5) is 11.6 Å². The van der Waals surface area contributed by atoms with Crippen LogP contribution >= 0.6 is 7.14 Å². The van der Waals surface area contributed by atoms with Crippen LogP contribution in [-0.4, -0.2) is 57.0 Å². The maximum absolute atomic E-state index is 12.4. The van der Waals surface area contributed by atoms with Crippen molar-refractivity contribution < 1.29 is 4.57 Å². The van der Waals surface area contributed by atoms with Gasteiger partial charge in [-0.3, -0.25) is 4.57 Å². The summed E-state index contributed by atoms with van der Waals surface area (Å²) < 4.78 is 13.8. The number of hydrogen-bond donors (Lipinski definition) is 3. The standard InChI is InChI=1S/C17H23N8O2P/c1-28(2,27)16-22-14(19)13-15(23-16)25(17(26)21-13)8-10-3-4-12(20-7-10)24-6-5-11(18)9-24/h3-4,7,11H,5-6,8-9,18H2,1-2H3,(H,21,26)(H2,19,22,23). The van der Waals surface area contributed by atoms with E-state index in [0.29, 0.717) is 11.2 Å². The van der Waals surface area contributed by atoms with Gasteiger partial charge in [-0.25, -0.2) is 19.7 Å². The zero-order chi connectivity index (χ0) is 20.1. The first kappa shape index (κ1) is 18.6. The summed E-state index contributed by atoms with van der Waals surface area (Å²) in [6.07, 6.45) is 2.69. The molecule has 3 aromatic rings. The molecule has 1 atom stereocenters. The van der Waals surface area contributed by atoms with Gasteiger partial charge in [-0.05, 0) is 31.4 Å². The number of nitrogen functional groups attached to an aromatic ring is 1. The van der Waals surface area contributed by atoms with Gasteiger partial charge in [0.1, 0.15) is 18.5 Å². The molecule has 148 valence electrons. The highest BCUT2D eigenvalue weighted by atomic mass is 31.2. The molecule has 4 rings (SSSR count). The molecule has 4 heterocycles. The molecule has 0 aromatic carbocycles. The molecule has 0 radical (unpaired) electrons. The van der Waals surface area contributed by atoms with Crippen molar-refractivity contribution in [1.29, 1.82) is 0 Å². The molecule has 1 aliphatic heterocycles. The summed E-state index contributed by atoms with van der Waals surface area (Å²) in [7, 11) is -2.73. The van der Waals surface area contributed by atoms with E-state index >= 15 is 0 Å². The summed E-state index contributed by atoms with van der Waals surface area (Å²) in [5.74, 6) is 0.980. The number of aromatic amines is 1. The first-order valence-corrected chi connectivity index (χ1v) is 11.6. The van der Waals surface area contributed by atoms with Gasteiger partial charge in [0, 0.05) is 25.3 Å². The van der Waals surface area contributed by atoms with Crippen molar-refractivity contribution in [1.82, 2.24) is 24.5 Å². The van der Waals surface area contributed by atoms with E-state index in [4.69, 9.17) is 11.5 Å². The molecule has 1 saturated heterocycles. The van der Waals surface area contributed by atoms with Gasteiger partial charge in [-0.2, -0.15) is 0 Å². The Balaban J connectivity index is 1.68. The molecule has 10 nitrogen and oxygen atoms in total. The van der Waals surface area contributed by atoms with Crippen LogP contribution in [0.3, 0.4) is 0 Å². The molecule has 3 aromatic heterocycles. The molecular weight excluding hydrogens is 379 g/mol. The van der Waals surface area contributed by atoms with Crippen molar-refractivity contribution >= 4 is 35.5 Å². The maximum atomic E-state index is 12.4. The van der Waals surface area contributed by atoms with Crippen molar-refractivity contribution in [2.24, 2.45) is 5.73 Å². The van der Waals surface area contributed by atoms with Crippen molar-refractivity contribution in [3.8, 4) is 0 Å². The summed E-state index contributed by atoms with van der Waals surface area (Å²) in [5, 5.41) is 0. The molecular formula is C17H23N8O2P. The van der Waals surface area contributed by atoms with Crippen LogP contribution in [-0.2, 0) is 11.1 Å². The highest BCUT2D eigenvalue weighted by Gasteiger charge is 2.22. The van der Waals surface area contributed by atoms with E-state index in [1.54, 1.807) is 19.5 Å². The smallest absolute Gasteiger partial charge is 0.328 e. The number of nitrogens with two attached hydrogens (primary N) is 2. The number of rotatable bonds is 4. The molecule has 5 N–H and O–H groups in total. The largest absolute Gasteiger partial charge is 0.382 e. The van der Waals surface area contributed by atoms with E-state index in [1.807, 2.05) is 12.1 Å². The molecule has 0 bridgehead atoms. The van der Waals surface area contributed by atoms with E-state index in [2.05, 4.69) is 24.8 Å². The molecule has 0 amide bonds. The van der Waals surface area contributed by atoms with Gasteiger partial charge >= 0.3 is 5.69 Å². The zero-order valence-corrected chi connectivity index (χ0v) is 16.7. The number of nitrogens with zero attached hydrogens (tertiary/aromatic N) is 5. The average Bonchev–Trinajstić information content (AvgIpc) is 3.20. The number of nitrogens with one attached hydrogen (secondary N) is 1. The Hall–Kier alpha value is -2.71. The van der Waals surface area contributed by atoms with Crippen molar-refractivity contribution in [3.63, 3.8) is 0 Å². The van der Waals surface area contributed by atoms with E-state index in [1.165, 1.54) is 4.57 Å². The Kier molecular flexibility index (Phi) is 4.47.